The number of halogens is 4. The summed E-state index contributed by atoms with van der Waals surface area (Å²) in [6.07, 6.45) is 3.66. The van der Waals surface area contributed by atoms with E-state index in [0.717, 1.165) is 34.1 Å². The average molecular weight is 1040 g/mol. The van der Waals surface area contributed by atoms with Crippen molar-refractivity contribution in [2.75, 3.05) is 46.8 Å². The Morgan fingerprint density at radius 2 is 0.951 bits per heavy atom. The molecular weight excluding hydrogens is 982 g/mol. The monoisotopic (exact) mass is 1040 g/mol. The summed E-state index contributed by atoms with van der Waals surface area (Å²) in [6, 6.07) is 37.7. The number of hydrogen-bond donors (Lipinski definition) is 0. The molecule has 0 spiro atoms. The van der Waals surface area contributed by atoms with Gasteiger partial charge in [0.2, 0.25) is 11.4 Å². The van der Waals surface area contributed by atoms with Crippen LogP contribution in [-0.2, 0) is 52.9 Å². The van der Waals surface area contributed by atoms with Gasteiger partial charge in [-0.15, -0.1) is 6.66 Å². The minimum atomic E-state index is -2.12. The van der Waals surface area contributed by atoms with Gasteiger partial charge in [-0.1, -0.05) is 36.4 Å². The Kier molecular flexibility index (Phi) is 24.1. The summed E-state index contributed by atoms with van der Waals surface area (Å²) in [7, 11) is 3.20. The molecule has 2 heterocycles. The molecule has 0 unspecified atom stereocenters. The second kappa shape index (κ2) is 28.0. The predicted octanol–water partition coefficient (Wildman–Crippen LogP) is 9.11. The van der Waals surface area contributed by atoms with E-state index in [1.165, 1.54) is 19.1 Å². The maximum absolute atomic E-state index is 13.7. The minimum Gasteiger partial charge on any atom is -0.382 e. The molecule has 0 saturated carbocycles. The molecule has 0 N–H and O–H groups in total. The number of methoxy groups -OCH3 is 1. The van der Waals surface area contributed by atoms with Gasteiger partial charge in [0.05, 0.1) is 68.3 Å². The molecule has 0 amide bonds. The summed E-state index contributed by atoms with van der Waals surface area (Å²) in [5.74, 6) is -2.15. The third kappa shape index (κ3) is 16.6. The summed E-state index contributed by atoms with van der Waals surface area (Å²) < 4.78 is 79.1. The van der Waals surface area contributed by atoms with Crippen molar-refractivity contribution in [3.63, 3.8) is 0 Å². The summed E-state index contributed by atoms with van der Waals surface area (Å²) >= 11 is 0. The summed E-state index contributed by atoms with van der Waals surface area (Å²) in [5.41, 5.74) is 3.56. The first-order chi connectivity index (χ1) is 28.9. The van der Waals surface area contributed by atoms with Crippen LogP contribution in [0.15, 0.2) is 134 Å². The van der Waals surface area contributed by atoms with Crippen LogP contribution in [-0.4, -0.2) is 46.8 Å². The number of nitriles is 1. The zero-order chi connectivity index (χ0) is 43.9. The van der Waals surface area contributed by atoms with Crippen LogP contribution in [0.3, 0.4) is 0 Å². The molecule has 0 atom stereocenters. The van der Waals surface area contributed by atoms with Gasteiger partial charge in [-0.3, -0.25) is 4.52 Å². The Morgan fingerprint density at radius 1 is 0.590 bits per heavy atom. The van der Waals surface area contributed by atoms with Gasteiger partial charge < -0.3 is 14.2 Å². The largest absolute Gasteiger partial charge is 0.382 e. The first kappa shape index (κ1) is 52.4. The Bertz CT molecular complexity index is 2060. The number of aromatic nitrogens is 2. The Hall–Kier alpha value is -4.69. The molecule has 0 aliphatic heterocycles. The Morgan fingerprint density at radius 3 is 1.31 bits per heavy atom. The number of rotatable bonds is 14. The molecule has 61 heavy (non-hydrogen) atoms. The van der Waals surface area contributed by atoms with E-state index >= 15 is 0 Å². The van der Waals surface area contributed by atoms with Crippen molar-refractivity contribution in [2.45, 2.75) is 20.8 Å². The van der Waals surface area contributed by atoms with Crippen molar-refractivity contribution < 1.29 is 65.5 Å². The summed E-state index contributed by atoms with van der Waals surface area (Å²) in [4.78, 5) is 0. The van der Waals surface area contributed by atoms with Crippen LogP contribution in [0.5, 0.6) is 0 Å². The van der Waals surface area contributed by atoms with Crippen molar-refractivity contribution in [2.24, 2.45) is 14.1 Å². The number of benzene rings is 4. The molecule has 4 aromatic carbocycles. The van der Waals surface area contributed by atoms with Crippen molar-refractivity contribution in [1.82, 2.24) is 0 Å². The zero-order valence-corrected chi connectivity index (χ0v) is 38.7. The maximum Gasteiger partial charge on any atom is 0.215 e. The first-order valence-electron chi connectivity index (χ1n) is 19.1. The normalized spacial score (nSPS) is 10.4. The molecule has 325 valence electrons. The van der Waals surface area contributed by atoms with E-state index in [2.05, 4.69) is 30.9 Å². The van der Waals surface area contributed by atoms with E-state index < -0.39 is 30.8 Å². The fourth-order valence-electron chi connectivity index (χ4n) is 5.97. The van der Waals surface area contributed by atoms with Crippen LogP contribution >= 0.6 is 7.49 Å². The molecule has 13 heteroatoms. The molecule has 7 nitrogen and oxygen atoms in total. The third-order valence-electron chi connectivity index (χ3n) is 8.82. The van der Waals surface area contributed by atoms with Gasteiger partial charge in [0.1, 0.15) is 44.0 Å². The summed E-state index contributed by atoms with van der Waals surface area (Å²) in [5, 5.41) is 9.58. The predicted molar refractivity (Wildman–Crippen MR) is 231 cm³/mol. The van der Waals surface area contributed by atoms with Gasteiger partial charge in [-0.25, -0.2) is 26.7 Å². The topological polar surface area (TPSA) is 68.5 Å². The molecule has 6 rings (SSSR count). The summed E-state index contributed by atoms with van der Waals surface area (Å²) in [6.45, 7) is 12.6. The van der Waals surface area contributed by atoms with Gasteiger partial charge in [0.25, 0.3) is 0 Å². The Balaban J connectivity index is 0.000000313. The number of aryl methyl sites for hydroxylation is 4. The quantitative estimate of drug-likeness (QED) is 0.0359. The zero-order valence-electron chi connectivity index (χ0n) is 35.4. The van der Waals surface area contributed by atoms with E-state index in [9.17, 15) is 17.6 Å². The van der Waals surface area contributed by atoms with Crippen LogP contribution in [0.2, 0.25) is 0 Å². The van der Waals surface area contributed by atoms with Gasteiger partial charge in [-0.2, -0.15) is 5.26 Å². The number of pyridine rings is 2. The second-order valence-corrected chi connectivity index (χ2v) is 16.0. The van der Waals surface area contributed by atoms with Crippen LogP contribution in [0.25, 0.3) is 22.5 Å². The van der Waals surface area contributed by atoms with E-state index in [4.69, 9.17) is 24.0 Å². The van der Waals surface area contributed by atoms with Crippen LogP contribution < -0.4 is 19.7 Å². The van der Waals surface area contributed by atoms with Crippen molar-refractivity contribution >= 4 is 18.1 Å². The smallest absolute Gasteiger partial charge is 0.215 e. The number of hydrogen-bond acceptors (Lipinski definition) is 5. The first-order valence-corrected chi connectivity index (χ1v) is 21.0. The molecule has 0 saturated heterocycles. The van der Waals surface area contributed by atoms with E-state index in [0.29, 0.717) is 61.9 Å². The molecule has 2 aromatic heterocycles. The van der Waals surface area contributed by atoms with Gasteiger partial charge in [-0.05, 0) is 73.5 Å². The van der Waals surface area contributed by atoms with E-state index in [-0.39, 0.29) is 20.1 Å². The molecule has 6 aromatic rings. The molecule has 0 bridgehead atoms. The fourth-order valence-corrected chi connectivity index (χ4v) is 8.26. The molecule has 0 fully saturated rings. The molecular formula is C48H54F4IrN3O4P+2. The van der Waals surface area contributed by atoms with Gasteiger partial charge in [0, 0.05) is 70.5 Å². The van der Waals surface area contributed by atoms with Gasteiger partial charge in [0.15, 0.2) is 12.4 Å². The van der Waals surface area contributed by atoms with E-state index in [1.807, 2.05) is 108 Å². The molecule has 0 aliphatic rings. The number of ether oxygens (including phenoxy) is 3. The van der Waals surface area contributed by atoms with Crippen LogP contribution in [0, 0.1) is 55.1 Å². The number of nitrogens with zero attached hydrogens (tertiary/aromatic N) is 3. The standard InChI is InChI=1S/C20H27O4P.2C13H12F2N.C2H3N.Ir/c1-21-13-14-22-15-16-23-17-18-24-25(2,19-9-5-3-6-10-19)20-11-7-4-8-12-20;2*1-9-7-10(14)8-11(15)13(9)12-5-3-4-6-16(12)2;1-2-3;/h3-12H,2,13-18H2,1H3;2*3-8H,1-2H3;1H3;/q;2*+1;;. The maximum atomic E-state index is 13.7. The van der Waals surface area contributed by atoms with Crippen molar-refractivity contribution in [3.8, 4) is 28.6 Å². The molecule has 1 radical (unpaired) electrons. The van der Waals surface area contributed by atoms with Crippen molar-refractivity contribution in [1.29, 1.82) is 5.26 Å². The molecule has 0 aliphatic carbocycles. The van der Waals surface area contributed by atoms with Crippen LogP contribution in [0.4, 0.5) is 17.6 Å². The van der Waals surface area contributed by atoms with Gasteiger partial charge >= 0.3 is 0 Å². The fraction of sp³-hybridized carbons (Fsp3) is 0.250. The third-order valence-corrected chi connectivity index (χ3v) is 11.7. The van der Waals surface area contributed by atoms with Crippen molar-refractivity contribution in [3.05, 3.63) is 175 Å². The van der Waals surface area contributed by atoms with E-state index in [1.54, 1.807) is 27.0 Å². The van der Waals surface area contributed by atoms with Crippen LogP contribution in [0.1, 0.15) is 18.1 Å². The average Bonchev–Trinajstić information content (AvgIpc) is 3.22. The SMILES string of the molecule is CC#N.Cc1cc(F)cc(F)c1-c1cccc[n+]1C.Cc1cc(F)cc(F)c1-c1cccc[n+]1C.[CH2-][P+](OCCOCCOCCOC)(c1ccccc1)c1ccccc1.[Ir]. The Labute approximate surface area is 372 Å². The second-order valence-electron chi connectivity index (χ2n) is 13.2. The minimum absolute atomic E-state index is 0.